The van der Waals surface area contributed by atoms with E-state index in [-0.39, 0.29) is 17.5 Å². The molecule has 0 heterocycles. The average molecular weight is 351 g/mol. The maximum Gasteiger partial charge on any atom is 0.244 e. The van der Waals surface area contributed by atoms with Crippen molar-refractivity contribution in [1.29, 1.82) is 0 Å². The van der Waals surface area contributed by atoms with Crippen molar-refractivity contribution >= 4 is 10.0 Å². The molecular formula is C17H18FNO4S. The molecule has 0 fully saturated rings. The second-order valence-electron chi connectivity index (χ2n) is 5.55. The van der Waals surface area contributed by atoms with Crippen LogP contribution in [0.15, 0.2) is 41.3 Å². The van der Waals surface area contributed by atoms with Crippen molar-refractivity contribution in [2.45, 2.75) is 23.8 Å². The van der Waals surface area contributed by atoms with Crippen LogP contribution in [0.4, 0.5) is 4.39 Å². The third kappa shape index (κ3) is 2.97. The molecule has 1 aliphatic rings. The molecule has 0 bridgehead atoms. The smallest absolute Gasteiger partial charge is 0.244 e. The highest BCUT2D eigenvalue weighted by atomic mass is 32.2. The molecule has 7 heteroatoms. The molecule has 0 aliphatic heterocycles. The topological polar surface area (TPSA) is 64.6 Å². The van der Waals surface area contributed by atoms with E-state index < -0.39 is 20.7 Å². The highest BCUT2D eigenvalue weighted by Gasteiger charge is 2.29. The number of nitrogens with one attached hydrogen (secondary N) is 1. The predicted octanol–water partition coefficient (Wildman–Crippen LogP) is 2.81. The fourth-order valence-corrected chi connectivity index (χ4v) is 4.30. The Morgan fingerprint density at radius 1 is 1.12 bits per heavy atom. The number of aryl methyl sites for hydroxylation is 1. The van der Waals surface area contributed by atoms with Crippen LogP contribution >= 0.6 is 0 Å². The highest BCUT2D eigenvalue weighted by molar-refractivity contribution is 7.89. The van der Waals surface area contributed by atoms with Gasteiger partial charge in [0.2, 0.25) is 10.0 Å². The van der Waals surface area contributed by atoms with E-state index in [1.165, 1.54) is 14.2 Å². The molecule has 3 rings (SSSR count). The monoisotopic (exact) mass is 351 g/mol. The normalized spacial score (nSPS) is 16.7. The quantitative estimate of drug-likeness (QED) is 0.900. The molecule has 1 aliphatic carbocycles. The lowest BCUT2D eigenvalue weighted by atomic mass is 10.1. The molecule has 2 aromatic rings. The molecule has 1 atom stereocenters. The molecule has 128 valence electrons. The van der Waals surface area contributed by atoms with Crippen LogP contribution in [0.5, 0.6) is 11.5 Å². The minimum Gasteiger partial charge on any atom is -0.493 e. The first-order chi connectivity index (χ1) is 11.5. The van der Waals surface area contributed by atoms with Crippen LogP contribution in [0, 0.1) is 5.82 Å². The largest absolute Gasteiger partial charge is 0.493 e. The van der Waals surface area contributed by atoms with Gasteiger partial charge in [-0.15, -0.1) is 0 Å². The molecule has 0 saturated heterocycles. The van der Waals surface area contributed by atoms with E-state index >= 15 is 0 Å². The van der Waals surface area contributed by atoms with Gasteiger partial charge in [-0.25, -0.2) is 17.5 Å². The number of sulfonamides is 1. The second kappa shape index (κ2) is 6.41. The van der Waals surface area contributed by atoms with Gasteiger partial charge < -0.3 is 9.47 Å². The van der Waals surface area contributed by atoms with E-state index in [1.54, 1.807) is 0 Å². The molecule has 24 heavy (non-hydrogen) atoms. The fraction of sp³-hybridized carbons (Fsp3) is 0.294. The maximum absolute atomic E-state index is 14.3. The van der Waals surface area contributed by atoms with Crippen molar-refractivity contribution in [3.8, 4) is 11.5 Å². The lowest BCUT2D eigenvalue weighted by molar-refractivity contribution is 0.350. The van der Waals surface area contributed by atoms with Gasteiger partial charge in [0.1, 0.15) is 10.7 Å². The molecule has 1 unspecified atom stereocenters. The Kier molecular flexibility index (Phi) is 4.47. The van der Waals surface area contributed by atoms with Crippen molar-refractivity contribution in [1.82, 2.24) is 4.72 Å². The molecule has 0 amide bonds. The first kappa shape index (κ1) is 16.7. The summed E-state index contributed by atoms with van der Waals surface area (Å²) in [6.45, 7) is 0. The Labute approximate surface area is 140 Å². The van der Waals surface area contributed by atoms with Gasteiger partial charge in [-0.05, 0) is 24.0 Å². The molecular weight excluding hydrogens is 333 g/mol. The number of fused-ring (bicyclic) bond motifs is 1. The first-order valence-electron chi connectivity index (χ1n) is 7.48. The Hall–Kier alpha value is -2.12. The summed E-state index contributed by atoms with van der Waals surface area (Å²) in [4.78, 5) is -0.454. The summed E-state index contributed by atoms with van der Waals surface area (Å²) in [5.74, 6) is -0.585. The Balaban J connectivity index is 1.95. The molecule has 0 radical (unpaired) electrons. The number of hydrogen-bond donors (Lipinski definition) is 1. The number of benzene rings is 2. The molecule has 2 aromatic carbocycles. The summed E-state index contributed by atoms with van der Waals surface area (Å²) in [5, 5.41) is 0. The van der Waals surface area contributed by atoms with Crippen LogP contribution in [0.3, 0.4) is 0 Å². The summed E-state index contributed by atoms with van der Waals surface area (Å²) >= 11 is 0. The highest BCUT2D eigenvalue weighted by Crippen LogP contribution is 2.35. The minimum absolute atomic E-state index is 0.139. The second-order valence-corrected chi connectivity index (χ2v) is 7.23. The zero-order valence-corrected chi connectivity index (χ0v) is 14.2. The third-order valence-corrected chi connectivity index (χ3v) is 5.64. The van der Waals surface area contributed by atoms with Gasteiger partial charge in [0.15, 0.2) is 11.5 Å². The third-order valence-electron chi connectivity index (χ3n) is 4.16. The van der Waals surface area contributed by atoms with Crippen LogP contribution in [0.2, 0.25) is 0 Å². The SMILES string of the molecule is COc1cc(F)c(S(=O)(=O)NC2CCc3ccccc32)cc1OC. The van der Waals surface area contributed by atoms with Gasteiger partial charge in [-0.3, -0.25) is 0 Å². The maximum atomic E-state index is 14.3. The molecule has 0 aromatic heterocycles. The zero-order valence-electron chi connectivity index (χ0n) is 13.4. The Bertz CT molecular complexity index is 867. The van der Waals surface area contributed by atoms with Crippen LogP contribution in [0.25, 0.3) is 0 Å². The van der Waals surface area contributed by atoms with Crippen molar-refractivity contribution in [3.05, 3.63) is 53.3 Å². The first-order valence-corrected chi connectivity index (χ1v) is 8.96. The van der Waals surface area contributed by atoms with Gasteiger partial charge in [0.25, 0.3) is 0 Å². The van der Waals surface area contributed by atoms with Gasteiger partial charge in [0.05, 0.1) is 14.2 Å². The summed E-state index contributed by atoms with van der Waals surface area (Å²) < 4.78 is 52.2. The van der Waals surface area contributed by atoms with Crippen LogP contribution < -0.4 is 14.2 Å². The summed E-state index contributed by atoms with van der Waals surface area (Å²) in [6, 6.07) is 9.43. The van der Waals surface area contributed by atoms with E-state index in [0.29, 0.717) is 6.42 Å². The Morgan fingerprint density at radius 2 is 1.79 bits per heavy atom. The molecule has 5 nitrogen and oxygen atoms in total. The van der Waals surface area contributed by atoms with Crippen molar-refractivity contribution < 1.29 is 22.3 Å². The van der Waals surface area contributed by atoms with Gasteiger partial charge in [-0.1, -0.05) is 24.3 Å². The summed E-state index contributed by atoms with van der Waals surface area (Å²) in [6.07, 6.45) is 1.44. The van der Waals surface area contributed by atoms with E-state index in [4.69, 9.17) is 9.47 Å². The van der Waals surface area contributed by atoms with Crippen LogP contribution in [-0.4, -0.2) is 22.6 Å². The molecule has 0 spiro atoms. The average Bonchev–Trinajstić information content (AvgIpc) is 2.97. The van der Waals surface area contributed by atoms with E-state index in [2.05, 4.69) is 4.72 Å². The van der Waals surface area contributed by atoms with Crippen LogP contribution in [-0.2, 0) is 16.4 Å². The van der Waals surface area contributed by atoms with Crippen molar-refractivity contribution in [3.63, 3.8) is 0 Å². The minimum atomic E-state index is -4.04. The zero-order chi connectivity index (χ0) is 17.3. The fourth-order valence-electron chi connectivity index (χ4n) is 2.97. The van der Waals surface area contributed by atoms with Gasteiger partial charge in [0, 0.05) is 18.2 Å². The van der Waals surface area contributed by atoms with Crippen molar-refractivity contribution in [2.24, 2.45) is 0 Å². The number of ether oxygens (including phenoxy) is 2. The van der Waals surface area contributed by atoms with Crippen molar-refractivity contribution in [2.75, 3.05) is 14.2 Å². The van der Waals surface area contributed by atoms with Gasteiger partial charge >= 0.3 is 0 Å². The number of rotatable bonds is 5. The van der Waals surface area contributed by atoms with E-state index in [1.807, 2.05) is 24.3 Å². The number of halogens is 1. The number of methoxy groups -OCH3 is 2. The number of hydrogen-bond acceptors (Lipinski definition) is 4. The molecule has 1 N–H and O–H groups in total. The molecule has 0 saturated carbocycles. The van der Waals surface area contributed by atoms with E-state index in [0.717, 1.165) is 29.7 Å². The van der Waals surface area contributed by atoms with E-state index in [9.17, 15) is 12.8 Å². The lowest BCUT2D eigenvalue weighted by Crippen LogP contribution is -2.28. The summed E-state index contributed by atoms with van der Waals surface area (Å²) in [5.41, 5.74) is 2.04. The Morgan fingerprint density at radius 3 is 2.50 bits per heavy atom. The lowest BCUT2D eigenvalue weighted by Gasteiger charge is -2.16. The van der Waals surface area contributed by atoms with Gasteiger partial charge in [-0.2, -0.15) is 0 Å². The standard InChI is InChI=1S/C17H18FNO4S/c1-22-15-9-13(18)17(10-16(15)23-2)24(20,21)19-14-8-7-11-5-3-4-6-12(11)14/h3-6,9-10,14,19H,7-8H2,1-2H3. The van der Waals surface area contributed by atoms with Crippen LogP contribution in [0.1, 0.15) is 23.6 Å². The summed E-state index contributed by atoms with van der Waals surface area (Å²) in [7, 11) is -1.31. The predicted molar refractivity (Wildman–Crippen MR) is 87.3 cm³/mol.